The Bertz CT molecular complexity index is 926. The van der Waals surface area contributed by atoms with Crippen LogP contribution in [0.15, 0.2) is 65.6 Å². The number of anilines is 1. The van der Waals surface area contributed by atoms with Crippen molar-refractivity contribution < 1.29 is 4.74 Å². The maximum absolute atomic E-state index is 12.4. The van der Waals surface area contributed by atoms with Gasteiger partial charge in [-0.05, 0) is 43.2 Å². The second-order valence-corrected chi connectivity index (χ2v) is 6.25. The Labute approximate surface area is 157 Å². The molecule has 0 unspecified atom stereocenters. The standard InChI is InChI=1S/C20H20ClN3O2/c1-15-7-5-10-17(13-15)26-12-6-11-22-18-14-23-24(20(25)19(18)21)16-8-3-2-4-9-16/h2-5,7-10,13-14,22H,6,11-12H2,1H3. The van der Waals surface area contributed by atoms with Crippen LogP contribution >= 0.6 is 11.6 Å². The molecule has 0 aliphatic carbocycles. The highest BCUT2D eigenvalue weighted by atomic mass is 35.5. The first kappa shape index (κ1) is 18.0. The number of halogens is 1. The number of hydrogen-bond donors (Lipinski definition) is 1. The predicted octanol–water partition coefficient (Wildman–Crippen LogP) is 4.08. The van der Waals surface area contributed by atoms with Crippen LogP contribution in [0.25, 0.3) is 5.69 Å². The van der Waals surface area contributed by atoms with Gasteiger partial charge in [-0.15, -0.1) is 0 Å². The molecule has 1 aromatic heterocycles. The van der Waals surface area contributed by atoms with Gasteiger partial charge in [-0.1, -0.05) is 41.9 Å². The number of nitrogens with zero attached hydrogens (tertiary/aromatic N) is 2. The summed E-state index contributed by atoms with van der Waals surface area (Å²) in [5.74, 6) is 0.857. The zero-order valence-corrected chi connectivity index (χ0v) is 15.2. The summed E-state index contributed by atoms with van der Waals surface area (Å²) in [4.78, 5) is 12.4. The molecule has 1 heterocycles. The smallest absolute Gasteiger partial charge is 0.292 e. The molecule has 3 aromatic rings. The first-order valence-corrected chi connectivity index (χ1v) is 8.79. The Balaban J connectivity index is 1.55. The van der Waals surface area contributed by atoms with Crippen molar-refractivity contribution in [1.29, 1.82) is 0 Å². The van der Waals surface area contributed by atoms with E-state index in [-0.39, 0.29) is 10.6 Å². The number of nitrogens with one attached hydrogen (secondary N) is 1. The largest absolute Gasteiger partial charge is 0.494 e. The van der Waals surface area contributed by atoms with E-state index in [1.165, 1.54) is 4.68 Å². The molecular weight excluding hydrogens is 350 g/mol. The van der Waals surface area contributed by atoms with Crippen molar-refractivity contribution in [2.24, 2.45) is 0 Å². The molecule has 5 nitrogen and oxygen atoms in total. The fourth-order valence-corrected chi connectivity index (χ4v) is 2.70. The van der Waals surface area contributed by atoms with Gasteiger partial charge < -0.3 is 10.1 Å². The number of hydrogen-bond acceptors (Lipinski definition) is 4. The van der Waals surface area contributed by atoms with Crippen LogP contribution in [0.3, 0.4) is 0 Å². The normalized spacial score (nSPS) is 10.5. The van der Waals surface area contributed by atoms with Crippen molar-refractivity contribution >= 4 is 17.3 Å². The van der Waals surface area contributed by atoms with Gasteiger partial charge in [0.05, 0.1) is 24.2 Å². The van der Waals surface area contributed by atoms with Crippen molar-refractivity contribution in [3.63, 3.8) is 0 Å². The molecular formula is C20H20ClN3O2. The molecule has 6 heteroatoms. The van der Waals surface area contributed by atoms with Gasteiger partial charge in [0.1, 0.15) is 10.8 Å². The monoisotopic (exact) mass is 369 g/mol. The van der Waals surface area contributed by atoms with Gasteiger partial charge >= 0.3 is 0 Å². The number of aryl methyl sites for hydroxylation is 1. The molecule has 0 aliphatic rings. The van der Waals surface area contributed by atoms with Crippen molar-refractivity contribution in [2.75, 3.05) is 18.5 Å². The van der Waals surface area contributed by atoms with Crippen LogP contribution in [0.4, 0.5) is 5.69 Å². The lowest BCUT2D eigenvalue weighted by molar-refractivity contribution is 0.315. The third-order valence-corrected chi connectivity index (χ3v) is 4.18. The van der Waals surface area contributed by atoms with Crippen LogP contribution < -0.4 is 15.6 Å². The van der Waals surface area contributed by atoms with Crippen molar-refractivity contribution in [3.05, 3.63) is 81.7 Å². The average Bonchev–Trinajstić information content (AvgIpc) is 2.65. The van der Waals surface area contributed by atoms with Crippen LogP contribution in [-0.2, 0) is 0 Å². The van der Waals surface area contributed by atoms with Gasteiger partial charge in [0.2, 0.25) is 0 Å². The second kappa shape index (κ2) is 8.54. The Morgan fingerprint density at radius 1 is 1.15 bits per heavy atom. The summed E-state index contributed by atoms with van der Waals surface area (Å²) in [6.07, 6.45) is 2.34. The van der Waals surface area contributed by atoms with Crippen LogP contribution in [0.1, 0.15) is 12.0 Å². The minimum atomic E-state index is -0.348. The first-order chi connectivity index (χ1) is 12.6. The van der Waals surface area contributed by atoms with Crippen molar-refractivity contribution in [1.82, 2.24) is 9.78 Å². The quantitative estimate of drug-likeness (QED) is 0.638. The minimum Gasteiger partial charge on any atom is -0.494 e. The molecule has 3 rings (SSSR count). The molecule has 0 spiro atoms. The molecule has 0 fully saturated rings. The van der Waals surface area contributed by atoms with E-state index in [0.29, 0.717) is 24.5 Å². The Morgan fingerprint density at radius 3 is 2.73 bits per heavy atom. The van der Waals surface area contributed by atoms with E-state index >= 15 is 0 Å². The molecule has 0 atom stereocenters. The predicted molar refractivity (Wildman–Crippen MR) is 105 cm³/mol. The highest BCUT2D eigenvalue weighted by Gasteiger charge is 2.10. The van der Waals surface area contributed by atoms with Crippen LogP contribution in [0, 0.1) is 6.92 Å². The Hall–Kier alpha value is -2.79. The van der Waals surface area contributed by atoms with Crippen LogP contribution in [-0.4, -0.2) is 22.9 Å². The lowest BCUT2D eigenvalue weighted by atomic mass is 10.2. The van der Waals surface area contributed by atoms with Crippen molar-refractivity contribution in [3.8, 4) is 11.4 Å². The maximum Gasteiger partial charge on any atom is 0.292 e. The summed E-state index contributed by atoms with van der Waals surface area (Å²) in [7, 11) is 0. The number of rotatable bonds is 7. The maximum atomic E-state index is 12.4. The SMILES string of the molecule is Cc1cccc(OCCCNc2cnn(-c3ccccc3)c(=O)c2Cl)c1. The highest BCUT2D eigenvalue weighted by Crippen LogP contribution is 2.17. The number of ether oxygens (including phenoxy) is 1. The van der Waals surface area contributed by atoms with E-state index < -0.39 is 0 Å². The topological polar surface area (TPSA) is 56.1 Å². The molecule has 0 saturated heterocycles. The van der Waals surface area contributed by atoms with Gasteiger partial charge in [0.25, 0.3) is 5.56 Å². The average molecular weight is 370 g/mol. The highest BCUT2D eigenvalue weighted by molar-refractivity contribution is 6.32. The van der Waals surface area contributed by atoms with Crippen LogP contribution in [0.2, 0.25) is 5.02 Å². The number of aromatic nitrogens is 2. The fraction of sp³-hybridized carbons (Fsp3) is 0.200. The summed E-state index contributed by atoms with van der Waals surface area (Å²) in [6.45, 7) is 3.23. The summed E-state index contributed by atoms with van der Waals surface area (Å²) >= 11 is 6.21. The third kappa shape index (κ3) is 4.43. The lowest BCUT2D eigenvalue weighted by Gasteiger charge is -2.11. The molecule has 0 bridgehead atoms. The van der Waals surface area contributed by atoms with Gasteiger partial charge in [-0.25, -0.2) is 0 Å². The van der Waals surface area contributed by atoms with E-state index in [4.69, 9.17) is 16.3 Å². The zero-order chi connectivity index (χ0) is 18.4. The summed E-state index contributed by atoms with van der Waals surface area (Å²) in [5, 5.41) is 7.46. The Kier molecular flexibility index (Phi) is 5.92. The number of benzene rings is 2. The van der Waals surface area contributed by atoms with Crippen LogP contribution in [0.5, 0.6) is 5.75 Å². The zero-order valence-electron chi connectivity index (χ0n) is 14.5. The minimum absolute atomic E-state index is 0.128. The van der Waals surface area contributed by atoms with Gasteiger partial charge in [-0.3, -0.25) is 4.79 Å². The van der Waals surface area contributed by atoms with E-state index in [2.05, 4.69) is 10.4 Å². The lowest BCUT2D eigenvalue weighted by Crippen LogP contribution is -2.23. The molecule has 0 saturated carbocycles. The summed E-state index contributed by atoms with van der Waals surface area (Å²) in [5.41, 5.74) is 2.02. The van der Waals surface area contributed by atoms with E-state index in [1.54, 1.807) is 18.3 Å². The van der Waals surface area contributed by atoms with Crippen molar-refractivity contribution in [2.45, 2.75) is 13.3 Å². The Morgan fingerprint density at radius 2 is 1.96 bits per heavy atom. The molecule has 26 heavy (non-hydrogen) atoms. The van der Waals surface area contributed by atoms with Gasteiger partial charge in [0, 0.05) is 6.54 Å². The second-order valence-electron chi connectivity index (χ2n) is 5.87. The van der Waals surface area contributed by atoms with E-state index in [9.17, 15) is 4.79 Å². The molecule has 0 aliphatic heterocycles. The molecule has 0 amide bonds. The van der Waals surface area contributed by atoms with E-state index in [1.807, 2.05) is 49.4 Å². The van der Waals surface area contributed by atoms with Gasteiger partial charge in [0.15, 0.2) is 0 Å². The molecule has 0 radical (unpaired) electrons. The first-order valence-electron chi connectivity index (χ1n) is 8.42. The van der Waals surface area contributed by atoms with E-state index in [0.717, 1.165) is 17.7 Å². The molecule has 134 valence electrons. The summed E-state index contributed by atoms with van der Waals surface area (Å²) < 4.78 is 6.99. The molecule has 1 N–H and O–H groups in total. The number of para-hydroxylation sites is 1. The molecule has 2 aromatic carbocycles. The third-order valence-electron chi connectivity index (χ3n) is 3.81. The van der Waals surface area contributed by atoms with Gasteiger partial charge in [-0.2, -0.15) is 9.78 Å². The summed E-state index contributed by atoms with van der Waals surface area (Å²) in [6, 6.07) is 17.1. The fourth-order valence-electron chi connectivity index (χ4n) is 2.50.